The number of aromatic nitrogens is 2. The molecule has 3 rings (SSSR count). The smallest absolute Gasteiger partial charge is 0.315 e. The zero-order valence-corrected chi connectivity index (χ0v) is 14.7. The van der Waals surface area contributed by atoms with E-state index in [9.17, 15) is 4.79 Å². The zero-order valence-electron chi connectivity index (χ0n) is 13.9. The SMILES string of the molecule is CCc1ccc(CNC(=O)N[C@H]2CCCN(c3ncccn3)C2)s1. The number of thiophene rings is 1. The number of carbonyl (C=O) groups excluding carboxylic acids is 1. The van der Waals surface area contributed by atoms with Crippen LogP contribution >= 0.6 is 11.3 Å². The van der Waals surface area contributed by atoms with Crippen LogP contribution in [0.25, 0.3) is 0 Å². The summed E-state index contributed by atoms with van der Waals surface area (Å²) in [6, 6.07) is 6.03. The van der Waals surface area contributed by atoms with E-state index in [0.717, 1.165) is 38.3 Å². The maximum Gasteiger partial charge on any atom is 0.315 e. The highest BCUT2D eigenvalue weighted by Crippen LogP contribution is 2.17. The molecule has 128 valence electrons. The highest BCUT2D eigenvalue weighted by molar-refractivity contribution is 7.11. The zero-order chi connectivity index (χ0) is 16.8. The van der Waals surface area contributed by atoms with E-state index >= 15 is 0 Å². The maximum atomic E-state index is 12.1. The minimum atomic E-state index is -0.109. The molecule has 0 saturated carbocycles. The molecule has 7 heteroatoms. The fourth-order valence-corrected chi connectivity index (χ4v) is 3.74. The van der Waals surface area contributed by atoms with Crippen molar-refractivity contribution >= 4 is 23.3 Å². The first-order valence-corrected chi connectivity index (χ1v) is 9.20. The molecule has 0 bridgehead atoms. The molecule has 0 radical (unpaired) electrons. The van der Waals surface area contributed by atoms with Crippen molar-refractivity contribution in [3.63, 3.8) is 0 Å². The van der Waals surface area contributed by atoms with Crippen LogP contribution in [0.15, 0.2) is 30.6 Å². The Bertz CT molecular complexity index is 660. The number of aryl methyl sites for hydroxylation is 1. The molecular formula is C17H23N5OS. The molecule has 1 aliphatic heterocycles. The summed E-state index contributed by atoms with van der Waals surface area (Å²) < 4.78 is 0. The molecule has 1 atom stereocenters. The molecule has 1 aliphatic rings. The number of rotatable bonds is 5. The van der Waals surface area contributed by atoms with Crippen molar-refractivity contribution in [2.24, 2.45) is 0 Å². The Morgan fingerprint density at radius 3 is 2.88 bits per heavy atom. The molecule has 2 N–H and O–H groups in total. The molecule has 24 heavy (non-hydrogen) atoms. The van der Waals surface area contributed by atoms with Gasteiger partial charge < -0.3 is 15.5 Å². The van der Waals surface area contributed by atoms with Gasteiger partial charge >= 0.3 is 6.03 Å². The van der Waals surface area contributed by atoms with Gasteiger partial charge in [0, 0.05) is 41.3 Å². The monoisotopic (exact) mass is 345 g/mol. The number of hydrogen-bond donors (Lipinski definition) is 2. The summed E-state index contributed by atoms with van der Waals surface area (Å²) in [6.07, 6.45) is 6.54. The van der Waals surface area contributed by atoms with E-state index in [0.29, 0.717) is 6.54 Å². The standard InChI is InChI=1S/C17H23N5OS/c1-2-14-6-7-15(24-14)11-20-17(23)21-13-5-3-10-22(12-13)16-18-8-4-9-19-16/h4,6-9,13H,2-3,5,10-12H2,1H3,(H2,20,21,23)/t13-/m0/s1. The van der Waals surface area contributed by atoms with E-state index in [1.54, 1.807) is 23.7 Å². The summed E-state index contributed by atoms with van der Waals surface area (Å²) in [7, 11) is 0. The number of urea groups is 1. The third-order valence-corrected chi connectivity index (χ3v) is 5.31. The lowest BCUT2D eigenvalue weighted by molar-refractivity contribution is 0.234. The van der Waals surface area contributed by atoms with Crippen LogP contribution < -0.4 is 15.5 Å². The van der Waals surface area contributed by atoms with E-state index in [1.165, 1.54) is 9.75 Å². The average Bonchev–Trinajstić information content (AvgIpc) is 3.09. The molecule has 2 amide bonds. The summed E-state index contributed by atoms with van der Waals surface area (Å²) in [6.45, 7) is 4.39. The topological polar surface area (TPSA) is 70.2 Å². The van der Waals surface area contributed by atoms with E-state index in [4.69, 9.17) is 0 Å². The van der Waals surface area contributed by atoms with Crippen molar-refractivity contribution in [1.29, 1.82) is 0 Å². The van der Waals surface area contributed by atoms with Crippen LogP contribution in [0, 0.1) is 0 Å². The lowest BCUT2D eigenvalue weighted by Gasteiger charge is -2.33. The first-order chi connectivity index (χ1) is 11.7. The molecule has 2 aromatic rings. The molecule has 0 unspecified atom stereocenters. The van der Waals surface area contributed by atoms with Crippen molar-refractivity contribution < 1.29 is 4.79 Å². The second kappa shape index (κ2) is 8.10. The largest absolute Gasteiger partial charge is 0.339 e. The van der Waals surface area contributed by atoms with E-state index in [-0.39, 0.29) is 12.1 Å². The average molecular weight is 345 g/mol. The van der Waals surface area contributed by atoms with Gasteiger partial charge in [-0.3, -0.25) is 0 Å². The van der Waals surface area contributed by atoms with Crippen LogP contribution in [0.5, 0.6) is 0 Å². The lowest BCUT2D eigenvalue weighted by Crippen LogP contribution is -2.50. The molecule has 3 heterocycles. The Hall–Kier alpha value is -2.15. The van der Waals surface area contributed by atoms with Gasteiger partial charge in [0.1, 0.15) is 0 Å². The van der Waals surface area contributed by atoms with Crippen molar-refractivity contribution in [3.05, 3.63) is 40.3 Å². The summed E-state index contributed by atoms with van der Waals surface area (Å²) in [5.41, 5.74) is 0. The van der Waals surface area contributed by atoms with Crippen molar-refractivity contribution in [3.8, 4) is 0 Å². The lowest BCUT2D eigenvalue weighted by atomic mass is 10.1. The van der Waals surface area contributed by atoms with Gasteiger partial charge in [0.25, 0.3) is 0 Å². The normalized spacial score (nSPS) is 17.5. The molecule has 0 aromatic carbocycles. The highest BCUT2D eigenvalue weighted by Gasteiger charge is 2.22. The first kappa shape index (κ1) is 16.7. The number of hydrogen-bond acceptors (Lipinski definition) is 5. The number of nitrogens with zero attached hydrogens (tertiary/aromatic N) is 3. The van der Waals surface area contributed by atoms with Gasteiger partial charge in [-0.15, -0.1) is 11.3 Å². The van der Waals surface area contributed by atoms with Gasteiger partial charge in [-0.05, 0) is 37.5 Å². The number of anilines is 1. The van der Waals surface area contributed by atoms with Gasteiger partial charge in [0.05, 0.1) is 6.54 Å². The van der Waals surface area contributed by atoms with Crippen molar-refractivity contribution in [1.82, 2.24) is 20.6 Å². The Balaban J connectivity index is 1.47. The Morgan fingerprint density at radius 1 is 1.33 bits per heavy atom. The molecule has 0 spiro atoms. The second-order valence-corrected chi connectivity index (χ2v) is 7.14. The molecule has 2 aromatic heterocycles. The van der Waals surface area contributed by atoms with Crippen molar-refractivity contribution in [2.75, 3.05) is 18.0 Å². The molecule has 1 saturated heterocycles. The Labute approximate surface area is 146 Å². The minimum absolute atomic E-state index is 0.109. The van der Waals surface area contributed by atoms with Gasteiger partial charge in [-0.2, -0.15) is 0 Å². The molecule has 1 fully saturated rings. The third-order valence-electron chi connectivity index (χ3n) is 4.08. The van der Waals surface area contributed by atoms with Gasteiger partial charge in [-0.25, -0.2) is 14.8 Å². The fraction of sp³-hybridized carbons (Fsp3) is 0.471. The summed E-state index contributed by atoms with van der Waals surface area (Å²) in [5.74, 6) is 0.732. The number of nitrogens with one attached hydrogen (secondary N) is 2. The highest BCUT2D eigenvalue weighted by atomic mass is 32.1. The first-order valence-electron chi connectivity index (χ1n) is 8.38. The van der Waals surface area contributed by atoms with E-state index in [2.05, 4.69) is 44.6 Å². The van der Waals surface area contributed by atoms with Crippen molar-refractivity contribution in [2.45, 2.75) is 38.8 Å². The quantitative estimate of drug-likeness (QED) is 0.874. The van der Waals surface area contributed by atoms with Crippen LogP contribution in [0.2, 0.25) is 0 Å². The summed E-state index contributed by atoms with van der Waals surface area (Å²) in [4.78, 5) is 25.4. The summed E-state index contributed by atoms with van der Waals surface area (Å²) >= 11 is 1.75. The minimum Gasteiger partial charge on any atom is -0.339 e. The number of amides is 2. The van der Waals surface area contributed by atoms with Crippen LogP contribution in [-0.4, -0.2) is 35.1 Å². The molecule has 0 aliphatic carbocycles. The molecule has 6 nitrogen and oxygen atoms in total. The maximum absolute atomic E-state index is 12.1. The van der Waals surface area contributed by atoms with Gasteiger partial charge in [-0.1, -0.05) is 6.92 Å². The van der Waals surface area contributed by atoms with E-state index < -0.39 is 0 Å². The fourth-order valence-electron chi connectivity index (χ4n) is 2.84. The van der Waals surface area contributed by atoms with Crippen LogP contribution in [0.3, 0.4) is 0 Å². The third kappa shape index (κ3) is 4.44. The Kier molecular flexibility index (Phi) is 5.63. The van der Waals surface area contributed by atoms with E-state index in [1.807, 2.05) is 6.07 Å². The number of carbonyl (C=O) groups is 1. The van der Waals surface area contributed by atoms with Crippen LogP contribution in [0.4, 0.5) is 10.7 Å². The van der Waals surface area contributed by atoms with Gasteiger partial charge in [0.2, 0.25) is 5.95 Å². The van der Waals surface area contributed by atoms with Crippen LogP contribution in [-0.2, 0) is 13.0 Å². The predicted octanol–water partition coefficient (Wildman–Crippen LogP) is 2.57. The summed E-state index contributed by atoms with van der Waals surface area (Å²) in [5, 5.41) is 6.02. The Morgan fingerprint density at radius 2 is 2.12 bits per heavy atom. The van der Waals surface area contributed by atoms with Gasteiger partial charge in [0.15, 0.2) is 0 Å². The molecular weight excluding hydrogens is 322 g/mol. The predicted molar refractivity (Wildman–Crippen MR) is 96.3 cm³/mol. The van der Waals surface area contributed by atoms with Crippen LogP contribution in [0.1, 0.15) is 29.5 Å². The second-order valence-electron chi connectivity index (χ2n) is 5.88. The number of piperidine rings is 1.